The second-order valence-electron chi connectivity index (χ2n) is 11.7. The van der Waals surface area contributed by atoms with Crippen LogP contribution in [0.5, 0.6) is 0 Å². The van der Waals surface area contributed by atoms with E-state index in [0.29, 0.717) is 11.3 Å². The molecule has 50 heavy (non-hydrogen) atoms. The normalized spacial score (nSPS) is 19.0. The van der Waals surface area contributed by atoms with Crippen molar-refractivity contribution in [3.8, 4) is 11.1 Å². The molecule has 1 saturated heterocycles. The highest BCUT2D eigenvalue weighted by molar-refractivity contribution is 8.01. The van der Waals surface area contributed by atoms with Crippen molar-refractivity contribution >= 4 is 29.0 Å². The zero-order chi connectivity index (χ0) is 35.5. The number of carbonyl (C=O) groups excluding carboxylic acids is 1. The molecule has 1 aliphatic heterocycles. The Morgan fingerprint density at radius 2 is 1.50 bits per heavy atom. The summed E-state index contributed by atoms with van der Waals surface area (Å²) in [5, 5.41) is 21.0. The van der Waals surface area contributed by atoms with Crippen LogP contribution in [0, 0.1) is 41.9 Å². The molecule has 5 aromatic rings. The predicted octanol–water partition coefficient (Wildman–Crippen LogP) is 8.22. The summed E-state index contributed by atoms with van der Waals surface area (Å²) >= 11 is 3.08. The molecule has 0 aliphatic carbocycles. The Kier molecular flexibility index (Phi) is 10.9. The fourth-order valence-electron chi connectivity index (χ4n) is 5.60. The van der Waals surface area contributed by atoms with Gasteiger partial charge in [-0.3, -0.25) is 4.79 Å². The van der Waals surface area contributed by atoms with E-state index in [1.54, 1.807) is 30.0 Å². The average Bonchev–Trinajstić information content (AvgIpc) is 3.56. The third-order valence-corrected chi connectivity index (χ3v) is 10.4. The molecule has 0 unspecified atom stereocenters. The van der Waals surface area contributed by atoms with Gasteiger partial charge < -0.3 is 19.9 Å². The van der Waals surface area contributed by atoms with Gasteiger partial charge in [0.05, 0.1) is 18.8 Å². The van der Waals surface area contributed by atoms with Crippen LogP contribution < -0.4 is 5.32 Å². The lowest BCUT2D eigenvalue weighted by atomic mass is 9.91. The van der Waals surface area contributed by atoms with Gasteiger partial charge in [-0.2, -0.15) is 0 Å². The fraction of sp³-hybridized carbons (Fsp3) is 0.250. The van der Waals surface area contributed by atoms with E-state index in [1.165, 1.54) is 11.3 Å². The number of thioether (sulfide) groups is 1. The number of carbonyl (C=O) groups is 1. The van der Waals surface area contributed by atoms with Gasteiger partial charge in [0.1, 0.15) is 10.6 Å². The average molecular weight is 728 g/mol. The summed E-state index contributed by atoms with van der Waals surface area (Å²) in [6.45, 7) is 3.66. The maximum atomic E-state index is 14.2. The number of ether oxygens (including phenoxy) is 2. The van der Waals surface area contributed by atoms with E-state index in [1.807, 2.05) is 61.5 Å². The summed E-state index contributed by atoms with van der Waals surface area (Å²) in [5.41, 5.74) is 2.95. The van der Waals surface area contributed by atoms with Crippen molar-refractivity contribution in [3.05, 3.63) is 135 Å². The van der Waals surface area contributed by atoms with E-state index in [0.717, 1.165) is 37.2 Å². The topological polar surface area (TPSA) is 93.6 Å². The van der Waals surface area contributed by atoms with Gasteiger partial charge in [-0.25, -0.2) is 22.0 Å². The van der Waals surface area contributed by atoms with Gasteiger partial charge in [0.25, 0.3) is 5.91 Å². The highest BCUT2D eigenvalue weighted by Crippen LogP contribution is 2.43. The molecule has 7 nitrogen and oxygen atoms in total. The molecule has 260 valence electrons. The molecule has 1 fully saturated rings. The molecule has 1 aromatic heterocycles. The number of nitrogens with zero attached hydrogens (tertiary/aromatic N) is 2. The number of rotatable bonds is 10. The van der Waals surface area contributed by atoms with Crippen molar-refractivity contribution in [2.45, 2.75) is 49.8 Å². The zero-order valence-electron chi connectivity index (χ0n) is 26.6. The van der Waals surface area contributed by atoms with Crippen molar-refractivity contribution in [2.75, 3.05) is 5.75 Å². The molecule has 1 aliphatic rings. The highest BCUT2D eigenvalue weighted by Gasteiger charge is 2.38. The van der Waals surface area contributed by atoms with Crippen LogP contribution in [0.3, 0.4) is 0 Å². The fourth-order valence-corrected chi connectivity index (χ4v) is 7.61. The molecular weight excluding hydrogens is 698 g/mol. The lowest BCUT2D eigenvalue weighted by molar-refractivity contribution is -0.268. The third kappa shape index (κ3) is 7.59. The first-order valence-electron chi connectivity index (χ1n) is 15.5. The van der Waals surface area contributed by atoms with Crippen LogP contribution in [-0.4, -0.2) is 33.1 Å². The molecule has 0 radical (unpaired) electrons. The van der Waals surface area contributed by atoms with Crippen molar-refractivity contribution in [1.29, 1.82) is 0 Å². The van der Waals surface area contributed by atoms with Gasteiger partial charge in [0.15, 0.2) is 33.9 Å². The van der Waals surface area contributed by atoms with Crippen molar-refractivity contribution in [3.63, 3.8) is 0 Å². The van der Waals surface area contributed by atoms with Gasteiger partial charge in [0, 0.05) is 23.8 Å². The number of aromatic nitrogens is 2. The molecule has 4 atom stereocenters. The Labute approximate surface area is 292 Å². The molecule has 0 spiro atoms. The molecule has 1 amide bonds. The molecule has 2 N–H and O–H groups in total. The molecular formula is C36H30F5N3O4S2. The number of nitrogens with one attached hydrogen (secondary N) is 1. The molecule has 2 heterocycles. The van der Waals surface area contributed by atoms with E-state index in [2.05, 4.69) is 22.4 Å². The molecule has 4 aromatic carbocycles. The minimum atomic E-state index is -2.34. The second kappa shape index (κ2) is 15.4. The summed E-state index contributed by atoms with van der Waals surface area (Å²) in [4.78, 5) is 12.5. The zero-order valence-corrected chi connectivity index (χ0v) is 28.3. The van der Waals surface area contributed by atoms with E-state index < -0.39 is 46.8 Å². The highest BCUT2D eigenvalue weighted by atomic mass is 32.2. The number of hydrogen-bond donors (Lipinski definition) is 2. The number of aryl methyl sites for hydroxylation is 1. The van der Waals surface area contributed by atoms with Gasteiger partial charge in [0.2, 0.25) is 5.82 Å². The summed E-state index contributed by atoms with van der Waals surface area (Å²) in [6.07, 6.45) is -1.28. The SMILES string of the molecule is Cc1nnc(SC[C@H]2O[C@@H](c3cccc(-c4cccc(CNC(=O)c5c(F)c(F)c(F)c(F)c5F)c4)c3)O[C@@H](c3ccc(CO)cc3)[C@H]2C)s1. The van der Waals surface area contributed by atoms with Crippen LogP contribution in [0.4, 0.5) is 22.0 Å². The Morgan fingerprint density at radius 1 is 0.840 bits per heavy atom. The predicted molar refractivity (Wildman–Crippen MR) is 178 cm³/mol. The monoisotopic (exact) mass is 727 g/mol. The van der Waals surface area contributed by atoms with Crippen molar-refractivity contribution < 1.29 is 41.3 Å². The Bertz CT molecular complexity index is 1980. The van der Waals surface area contributed by atoms with E-state index in [-0.39, 0.29) is 31.3 Å². The summed E-state index contributed by atoms with van der Waals surface area (Å²) in [6, 6.07) is 22.1. The van der Waals surface area contributed by atoms with E-state index in [4.69, 9.17) is 9.47 Å². The van der Waals surface area contributed by atoms with Crippen LogP contribution in [-0.2, 0) is 22.6 Å². The van der Waals surface area contributed by atoms with E-state index >= 15 is 0 Å². The lowest BCUT2D eigenvalue weighted by Crippen LogP contribution is -2.38. The summed E-state index contributed by atoms with van der Waals surface area (Å²) < 4.78 is 83.0. The minimum Gasteiger partial charge on any atom is -0.392 e. The number of halogens is 5. The van der Waals surface area contributed by atoms with Crippen LogP contribution >= 0.6 is 23.1 Å². The maximum Gasteiger partial charge on any atom is 0.257 e. The smallest absolute Gasteiger partial charge is 0.257 e. The minimum absolute atomic E-state index is 0.0346. The van der Waals surface area contributed by atoms with Crippen LogP contribution in [0.25, 0.3) is 11.1 Å². The maximum absolute atomic E-state index is 14.2. The van der Waals surface area contributed by atoms with Crippen molar-refractivity contribution in [1.82, 2.24) is 15.5 Å². The number of amides is 1. The number of aliphatic hydroxyl groups is 1. The Balaban J connectivity index is 1.22. The largest absolute Gasteiger partial charge is 0.392 e. The summed E-state index contributed by atoms with van der Waals surface area (Å²) in [5.74, 6) is -12.0. The number of hydrogen-bond acceptors (Lipinski definition) is 8. The van der Waals surface area contributed by atoms with Crippen LogP contribution in [0.2, 0.25) is 0 Å². The van der Waals surface area contributed by atoms with Gasteiger partial charge in [-0.1, -0.05) is 90.7 Å². The molecule has 6 rings (SSSR count). The van der Waals surface area contributed by atoms with Crippen LogP contribution in [0.15, 0.2) is 77.1 Å². The van der Waals surface area contributed by atoms with Crippen molar-refractivity contribution in [2.24, 2.45) is 5.92 Å². The first kappa shape index (κ1) is 35.6. The number of benzene rings is 4. The van der Waals surface area contributed by atoms with E-state index in [9.17, 15) is 31.9 Å². The van der Waals surface area contributed by atoms with Gasteiger partial charge in [-0.05, 0) is 46.9 Å². The second-order valence-corrected chi connectivity index (χ2v) is 14.1. The third-order valence-electron chi connectivity index (χ3n) is 8.31. The van der Waals surface area contributed by atoms with Gasteiger partial charge >= 0.3 is 0 Å². The molecule has 0 saturated carbocycles. The van der Waals surface area contributed by atoms with Gasteiger partial charge in [-0.15, -0.1) is 10.2 Å². The quantitative estimate of drug-likeness (QED) is 0.0649. The Hall–Kier alpha value is -4.21. The molecule has 14 heteroatoms. The van der Waals surface area contributed by atoms with Crippen LogP contribution in [0.1, 0.15) is 56.9 Å². The first-order chi connectivity index (χ1) is 24.0. The molecule has 0 bridgehead atoms. The lowest BCUT2D eigenvalue weighted by Gasteiger charge is -2.41. The Morgan fingerprint density at radius 3 is 2.16 bits per heavy atom. The first-order valence-corrected chi connectivity index (χ1v) is 17.3. The summed E-state index contributed by atoms with van der Waals surface area (Å²) in [7, 11) is 0. The number of aliphatic hydroxyl groups excluding tert-OH is 1. The standard InChI is InChI=1S/C36H30F5N3O4S2/c1-18-26(17-49-36-44-43-19(2)50-36)47-35(48-33(18)22-11-9-20(16-45)10-12-22)25-8-4-7-24(14-25)23-6-3-5-21(13-23)15-42-34(46)27-28(37)30(39)32(41)31(40)29(27)38/h3-14,18,26,33,35,45H,15-17H2,1-2H3,(H,42,46)/t18-,26+,33+,35+/m0/s1.